The largest absolute Gasteiger partial charge is 0.467 e. The predicted molar refractivity (Wildman–Crippen MR) is 80.9 cm³/mol. The molecular weight excluding hydrogens is 283 g/mol. The van der Waals surface area contributed by atoms with Crippen LogP contribution in [0, 0.1) is 12.7 Å². The highest BCUT2D eigenvalue weighted by molar-refractivity contribution is 5.98. The van der Waals surface area contributed by atoms with Crippen molar-refractivity contribution in [2.75, 3.05) is 7.05 Å². The average molecular weight is 298 g/mol. The number of benzene rings is 1. The number of rotatable bonds is 3. The van der Waals surface area contributed by atoms with Crippen LogP contribution in [0.1, 0.15) is 21.8 Å². The highest BCUT2D eigenvalue weighted by Crippen LogP contribution is 2.19. The van der Waals surface area contributed by atoms with Gasteiger partial charge in [0.15, 0.2) is 0 Å². The summed E-state index contributed by atoms with van der Waals surface area (Å²) < 4.78 is 18.5. The maximum Gasteiger partial charge on any atom is 0.255 e. The van der Waals surface area contributed by atoms with E-state index in [9.17, 15) is 9.18 Å². The van der Waals surface area contributed by atoms with E-state index in [-0.39, 0.29) is 11.7 Å². The van der Waals surface area contributed by atoms with Crippen LogP contribution in [0.2, 0.25) is 0 Å². The van der Waals surface area contributed by atoms with E-state index >= 15 is 0 Å². The van der Waals surface area contributed by atoms with Gasteiger partial charge in [-0.2, -0.15) is 0 Å². The summed E-state index contributed by atoms with van der Waals surface area (Å²) in [6.45, 7) is 2.13. The third kappa shape index (κ3) is 2.70. The van der Waals surface area contributed by atoms with Crippen molar-refractivity contribution in [1.29, 1.82) is 0 Å². The molecule has 2 heterocycles. The first-order valence-electron chi connectivity index (χ1n) is 6.89. The van der Waals surface area contributed by atoms with E-state index in [2.05, 4.69) is 4.98 Å². The highest BCUT2D eigenvalue weighted by atomic mass is 19.1. The third-order valence-electron chi connectivity index (χ3n) is 3.52. The molecule has 4 nitrogen and oxygen atoms in total. The summed E-state index contributed by atoms with van der Waals surface area (Å²) in [6.07, 6.45) is 1.57. The number of carbonyl (C=O) groups excluding carboxylic acids is 1. The van der Waals surface area contributed by atoms with Crippen molar-refractivity contribution in [3.8, 4) is 0 Å². The molecule has 1 amide bonds. The number of pyridine rings is 1. The third-order valence-corrected chi connectivity index (χ3v) is 3.52. The zero-order chi connectivity index (χ0) is 15.7. The van der Waals surface area contributed by atoms with Crippen molar-refractivity contribution in [2.24, 2.45) is 0 Å². The lowest BCUT2D eigenvalue weighted by Gasteiger charge is -2.17. The van der Waals surface area contributed by atoms with E-state index in [0.717, 1.165) is 5.39 Å². The fraction of sp³-hybridized carbons (Fsp3) is 0.176. The molecule has 1 aromatic carbocycles. The van der Waals surface area contributed by atoms with Crippen LogP contribution >= 0.6 is 0 Å². The van der Waals surface area contributed by atoms with Gasteiger partial charge in [0.05, 0.1) is 29.6 Å². The second-order valence-electron chi connectivity index (χ2n) is 5.20. The number of carbonyl (C=O) groups is 1. The molecule has 5 heteroatoms. The summed E-state index contributed by atoms with van der Waals surface area (Å²) >= 11 is 0. The minimum absolute atomic E-state index is 0.146. The Morgan fingerprint density at radius 3 is 2.86 bits per heavy atom. The molecule has 0 spiro atoms. The number of halogens is 1. The fourth-order valence-electron chi connectivity index (χ4n) is 2.37. The molecule has 0 bridgehead atoms. The van der Waals surface area contributed by atoms with Gasteiger partial charge in [-0.15, -0.1) is 0 Å². The molecule has 22 heavy (non-hydrogen) atoms. The van der Waals surface area contributed by atoms with Gasteiger partial charge in [-0.05, 0) is 37.3 Å². The SMILES string of the molecule is Cc1nc2cc(F)ccc2cc1C(=O)N(C)Cc1ccco1. The highest BCUT2D eigenvalue weighted by Gasteiger charge is 2.17. The Morgan fingerprint density at radius 2 is 2.14 bits per heavy atom. The Bertz CT molecular complexity index is 828. The monoisotopic (exact) mass is 298 g/mol. The average Bonchev–Trinajstić information content (AvgIpc) is 2.98. The fourth-order valence-corrected chi connectivity index (χ4v) is 2.37. The molecule has 0 radical (unpaired) electrons. The molecule has 0 unspecified atom stereocenters. The number of hydrogen-bond donors (Lipinski definition) is 0. The summed E-state index contributed by atoms with van der Waals surface area (Å²) in [7, 11) is 1.71. The molecule has 0 saturated carbocycles. The van der Waals surface area contributed by atoms with Gasteiger partial charge in [0.1, 0.15) is 11.6 Å². The van der Waals surface area contributed by atoms with Gasteiger partial charge in [0.2, 0.25) is 0 Å². The molecule has 2 aromatic heterocycles. The zero-order valence-corrected chi connectivity index (χ0v) is 12.3. The van der Waals surface area contributed by atoms with Gasteiger partial charge in [-0.25, -0.2) is 4.39 Å². The first-order chi connectivity index (χ1) is 10.5. The molecule has 0 aliphatic carbocycles. The van der Waals surface area contributed by atoms with Crippen molar-refractivity contribution < 1.29 is 13.6 Å². The van der Waals surface area contributed by atoms with E-state index < -0.39 is 0 Å². The number of nitrogens with zero attached hydrogens (tertiary/aromatic N) is 2. The number of aromatic nitrogens is 1. The van der Waals surface area contributed by atoms with Crippen molar-refractivity contribution in [3.05, 3.63) is 65.5 Å². The van der Waals surface area contributed by atoms with E-state index in [1.54, 1.807) is 43.3 Å². The van der Waals surface area contributed by atoms with Crippen LogP contribution in [-0.2, 0) is 6.54 Å². The van der Waals surface area contributed by atoms with Crippen molar-refractivity contribution in [2.45, 2.75) is 13.5 Å². The van der Waals surface area contributed by atoms with Gasteiger partial charge < -0.3 is 9.32 Å². The van der Waals surface area contributed by atoms with E-state index in [0.29, 0.717) is 29.1 Å². The summed E-state index contributed by atoms with van der Waals surface area (Å²) in [5.74, 6) is 0.227. The van der Waals surface area contributed by atoms with Gasteiger partial charge in [-0.1, -0.05) is 0 Å². The van der Waals surface area contributed by atoms with Crippen LogP contribution < -0.4 is 0 Å². The molecule has 0 N–H and O–H groups in total. The summed E-state index contributed by atoms with van der Waals surface area (Å²) in [4.78, 5) is 18.5. The Kier molecular flexibility index (Phi) is 3.63. The minimum Gasteiger partial charge on any atom is -0.467 e. The van der Waals surface area contributed by atoms with E-state index in [1.165, 1.54) is 12.1 Å². The van der Waals surface area contributed by atoms with Crippen LogP contribution in [0.25, 0.3) is 10.9 Å². The topological polar surface area (TPSA) is 46.3 Å². The first kappa shape index (κ1) is 14.3. The van der Waals surface area contributed by atoms with Gasteiger partial charge in [0, 0.05) is 18.5 Å². The molecule has 0 aliphatic rings. The zero-order valence-electron chi connectivity index (χ0n) is 12.3. The number of aryl methyl sites for hydroxylation is 1. The van der Waals surface area contributed by atoms with Gasteiger partial charge in [-0.3, -0.25) is 9.78 Å². The lowest BCUT2D eigenvalue weighted by molar-refractivity contribution is 0.0774. The van der Waals surface area contributed by atoms with E-state index in [1.807, 2.05) is 6.07 Å². The smallest absolute Gasteiger partial charge is 0.255 e. The Labute approximate surface area is 127 Å². The molecule has 3 aromatic rings. The van der Waals surface area contributed by atoms with Gasteiger partial charge >= 0.3 is 0 Å². The van der Waals surface area contributed by atoms with Crippen LogP contribution in [0.4, 0.5) is 4.39 Å². The summed E-state index contributed by atoms with van der Waals surface area (Å²) in [5, 5.41) is 0.738. The molecular formula is C17H15FN2O2. The van der Waals surface area contributed by atoms with Crippen LogP contribution in [-0.4, -0.2) is 22.8 Å². The normalized spacial score (nSPS) is 10.9. The quantitative estimate of drug-likeness (QED) is 0.743. The number of furan rings is 1. The maximum absolute atomic E-state index is 13.2. The lowest BCUT2D eigenvalue weighted by Crippen LogP contribution is -2.27. The van der Waals surface area contributed by atoms with Crippen LogP contribution in [0.3, 0.4) is 0 Å². The first-order valence-corrected chi connectivity index (χ1v) is 6.89. The Morgan fingerprint density at radius 1 is 1.32 bits per heavy atom. The Balaban J connectivity index is 1.93. The lowest BCUT2D eigenvalue weighted by atomic mass is 10.1. The second-order valence-corrected chi connectivity index (χ2v) is 5.20. The Hall–Kier alpha value is -2.69. The summed E-state index contributed by atoms with van der Waals surface area (Å²) in [6, 6.07) is 9.70. The van der Waals surface area contributed by atoms with Crippen molar-refractivity contribution >= 4 is 16.8 Å². The molecule has 0 atom stereocenters. The van der Waals surface area contributed by atoms with Crippen molar-refractivity contribution in [1.82, 2.24) is 9.88 Å². The predicted octanol–water partition coefficient (Wildman–Crippen LogP) is 3.55. The summed E-state index contributed by atoms with van der Waals surface area (Å²) in [5.41, 5.74) is 1.63. The second kappa shape index (κ2) is 5.60. The standard InChI is InChI=1S/C17H15FN2O2/c1-11-15(8-12-5-6-13(18)9-16(12)19-11)17(21)20(2)10-14-4-3-7-22-14/h3-9H,10H2,1-2H3. The molecule has 0 fully saturated rings. The maximum atomic E-state index is 13.2. The number of hydrogen-bond acceptors (Lipinski definition) is 3. The van der Waals surface area contributed by atoms with Crippen molar-refractivity contribution in [3.63, 3.8) is 0 Å². The van der Waals surface area contributed by atoms with Crippen LogP contribution in [0.15, 0.2) is 47.1 Å². The molecule has 3 rings (SSSR count). The number of amides is 1. The molecule has 0 aliphatic heterocycles. The van der Waals surface area contributed by atoms with Gasteiger partial charge in [0.25, 0.3) is 5.91 Å². The van der Waals surface area contributed by atoms with Crippen LogP contribution in [0.5, 0.6) is 0 Å². The minimum atomic E-state index is -0.339. The number of fused-ring (bicyclic) bond motifs is 1. The molecule has 112 valence electrons. The van der Waals surface area contributed by atoms with E-state index in [4.69, 9.17) is 4.42 Å². The molecule has 0 saturated heterocycles.